The Morgan fingerprint density at radius 2 is 1.75 bits per heavy atom. The van der Waals surface area contributed by atoms with Gasteiger partial charge in [-0.2, -0.15) is 0 Å². The molecule has 3 atom stereocenters. The second-order valence-corrected chi connectivity index (χ2v) is 9.19. The third-order valence-corrected chi connectivity index (χ3v) is 7.09. The maximum Gasteiger partial charge on any atom is 0.257 e. The summed E-state index contributed by atoms with van der Waals surface area (Å²) >= 11 is 12.1. The zero-order valence-corrected chi connectivity index (χ0v) is 18.5. The van der Waals surface area contributed by atoms with Gasteiger partial charge in [0.2, 0.25) is 0 Å². The number of amides is 1. The van der Waals surface area contributed by atoms with Crippen LogP contribution in [0.1, 0.15) is 52.7 Å². The Morgan fingerprint density at radius 1 is 1.00 bits per heavy atom. The molecule has 3 aromatic rings. The van der Waals surface area contributed by atoms with E-state index in [9.17, 15) is 13.6 Å². The minimum absolute atomic E-state index is 0.0807. The summed E-state index contributed by atoms with van der Waals surface area (Å²) in [7, 11) is 0. The molecule has 1 amide bonds. The van der Waals surface area contributed by atoms with E-state index in [4.69, 9.17) is 23.2 Å². The highest BCUT2D eigenvalue weighted by atomic mass is 35.5. The highest BCUT2D eigenvalue weighted by Crippen LogP contribution is 2.54. The average molecular weight is 473 g/mol. The summed E-state index contributed by atoms with van der Waals surface area (Å²) in [5.74, 6) is -2.00. The van der Waals surface area contributed by atoms with Gasteiger partial charge < -0.3 is 10.6 Å². The Bertz CT molecular complexity index is 1200. The van der Waals surface area contributed by atoms with Gasteiger partial charge in [-0.15, -0.1) is 0 Å². The fourth-order valence-corrected chi connectivity index (χ4v) is 5.43. The van der Waals surface area contributed by atoms with Crippen molar-refractivity contribution in [3.8, 4) is 0 Å². The molecule has 3 nitrogen and oxygen atoms in total. The lowest BCUT2D eigenvalue weighted by Crippen LogP contribution is -2.29. The molecule has 7 heteroatoms. The number of carbonyl (C=O) groups excluding carboxylic acids is 1. The molecule has 0 spiro atoms. The first-order valence-electron chi connectivity index (χ1n) is 10.5. The van der Waals surface area contributed by atoms with Crippen molar-refractivity contribution in [1.82, 2.24) is 0 Å². The molecule has 1 heterocycles. The van der Waals surface area contributed by atoms with E-state index >= 15 is 0 Å². The van der Waals surface area contributed by atoms with E-state index < -0.39 is 17.5 Å². The Balaban J connectivity index is 1.51. The molecule has 0 bridgehead atoms. The molecule has 0 aromatic heterocycles. The average Bonchev–Trinajstić information content (AvgIpc) is 3.27. The summed E-state index contributed by atoms with van der Waals surface area (Å²) in [5.41, 5.74) is 3.61. The number of carbonyl (C=O) groups is 1. The summed E-state index contributed by atoms with van der Waals surface area (Å²) in [6.45, 7) is 0. The topological polar surface area (TPSA) is 41.1 Å². The van der Waals surface area contributed by atoms with E-state index in [2.05, 4.69) is 16.7 Å². The molecule has 2 aliphatic rings. The Hall–Kier alpha value is -2.63. The molecule has 5 rings (SSSR count). The zero-order chi connectivity index (χ0) is 22.4. The number of hydrogen-bond acceptors (Lipinski definition) is 2. The summed E-state index contributed by atoms with van der Waals surface area (Å²) in [6.07, 6.45) is 3.34. The van der Waals surface area contributed by atoms with Crippen LogP contribution in [0.5, 0.6) is 0 Å². The molecule has 3 aromatic carbocycles. The van der Waals surface area contributed by atoms with Gasteiger partial charge in [-0.05, 0) is 66.1 Å². The maximum absolute atomic E-state index is 13.7. The predicted molar refractivity (Wildman–Crippen MR) is 124 cm³/mol. The maximum atomic E-state index is 13.7. The molecule has 32 heavy (non-hydrogen) atoms. The minimum Gasteiger partial charge on any atom is -0.376 e. The lowest BCUT2D eigenvalue weighted by atomic mass is 9.77. The van der Waals surface area contributed by atoms with Gasteiger partial charge >= 0.3 is 0 Å². The van der Waals surface area contributed by atoms with E-state index in [1.54, 1.807) is 6.07 Å². The summed E-state index contributed by atoms with van der Waals surface area (Å²) in [6, 6.07) is 15.3. The van der Waals surface area contributed by atoms with E-state index in [1.165, 1.54) is 0 Å². The Labute approximate surface area is 194 Å². The number of fused-ring (bicyclic) bond motifs is 3. The molecule has 0 radical (unpaired) electrons. The minimum atomic E-state index is -1.12. The molecule has 1 aliphatic heterocycles. The molecule has 1 saturated carbocycles. The molecule has 164 valence electrons. The first-order valence-corrected chi connectivity index (χ1v) is 11.3. The van der Waals surface area contributed by atoms with Gasteiger partial charge in [-0.1, -0.05) is 53.9 Å². The van der Waals surface area contributed by atoms with E-state index in [0.717, 1.165) is 48.2 Å². The van der Waals surface area contributed by atoms with Gasteiger partial charge in [-0.25, -0.2) is 8.78 Å². The first kappa shape index (κ1) is 21.2. The van der Waals surface area contributed by atoms with Gasteiger partial charge in [-0.3, -0.25) is 4.79 Å². The first-order chi connectivity index (χ1) is 15.4. The third kappa shape index (κ3) is 3.74. The third-order valence-electron chi connectivity index (χ3n) is 6.53. The fraction of sp³-hybridized carbons (Fsp3) is 0.240. The van der Waals surface area contributed by atoms with Crippen LogP contribution in [0, 0.1) is 17.6 Å². The van der Waals surface area contributed by atoms with Crippen LogP contribution >= 0.6 is 23.2 Å². The number of halogens is 4. The van der Waals surface area contributed by atoms with Crippen molar-refractivity contribution in [3.05, 3.63) is 93.0 Å². The van der Waals surface area contributed by atoms with Gasteiger partial charge in [0.15, 0.2) is 11.6 Å². The Kier molecular flexibility index (Phi) is 5.56. The lowest BCUT2D eigenvalue weighted by Gasteiger charge is -2.38. The van der Waals surface area contributed by atoms with Crippen LogP contribution in [0.15, 0.2) is 54.6 Å². The Morgan fingerprint density at radius 3 is 2.53 bits per heavy atom. The number of rotatable bonds is 3. The summed E-state index contributed by atoms with van der Waals surface area (Å²) in [4.78, 5) is 12.9. The van der Waals surface area contributed by atoms with Crippen molar-refractivity contribution in [2.45, 2.75) is 31.2 Å². The molecular formula is C25H20Cl2F2N2O. The van der Waals surface area contributed by atoms with Crippen molar-refractivity contribution < 1.29 is 13.6 Å². The lowest BCUT2D eigenvalue weighted by molar-refractivity contribution is 0.102. The van der Waals surface area contributed by atoms with Crippen LogP contribution in [0.25, 0.3) is 0 Å². The van der Waals surface area contributed by atoms with Gasteiger partial charge in [0.25, 0.3) is 5.91 Å². The zero-order valence-electron chi connectivity index (χ0n) is 17.0. The molecule has 1 aliphatic carbocycles. The van der Waals surface area contributed by atoms with E-state index in [-0.39, 0.29) is 16.6 Å². The van der Waals surface area contributed by atoms with Crippen molar-refractivity contribution in [2.24, 2.45) is 5.92 Å². The van der Waals surface area contributed by atoms with Crippen LogP contribution in [0.4, 0.5) is 20.2 Å². The van der Waals surface area contributed by atoms with Crippen LogP contribution < -0.4 is 10.6 Å². The van der Waals surface area contributed by atoms with Crippen LogP contribution in [0.2, 0.25) is 10.0 Å². The van der Waals surface area contributed by atoms with Gasteiger partial charge in [0, 0.05) is 5.02 Å². The normalized spacial score (nSPS) is 21.4. The highest BCUT2D eigenvalue weighted by molar-refractivity contribution is 6.34. The number of para-hydroxylation sites is 1. The van der Waals surface area contributed by atoms with Crippen molar-refractivity contribution in [1.29, 1.82) is 0 Å². The second-order valence-electron chi connectivity index (χ2n) is 8.34. The monoisotopic (exact) mass is 472 g/mol. The van der Waals surface area contributed by atoms with Crippen LogP contribution in [-0.4, -0.2) is 5.91 Å². The number of hydrogen-bond donors (Lipinski definition) is 2. The summed E-state index contributed by atoms with van der Waals surface area (Å²) in [5, 5.41) is 7.02. The molecular weight excluding hydrogens is 453 g/mol. The van der Waals surface area contributed by atoms with Gasteiger partial charge in [0.1, 0.15) is 0 Å². The van der Waals surface area contributed by atoms with E-state index in [0.29, 0.717) is 22.5 Å². The van der Waals surface area contributed by atoms with Gasteiger partial charge in [0.05, 0.1) is 28.0 Å². The quantitative estimate of drug-likeness (QED) is 0.385. The largest absolute Gasteiger partial charge is 0.376 e. The number of nitrogens with one attached hydrogen (secondary N) is 2. The standard InChI is InChI=1S/C25H20Cl2F2N2O/c26-14-9-7-13(8-10-14)23-16-4-1-3-15(16)17-5-2-6-22(24(17)31-23)30-25(32)18-11-20(28)21(29)12-19(18)27/h2,5-12,15-16,23,31H,1,3-4H2,(H,30,32)/t15-,16+,23-/m1/s1. The van der Waals surface area contributed by atoms with Crippen LogP contribution in [0.3, 0.4) is 0 Å². The van der Waals surface area contributed by atoms with E-state index in [1.807, 2.05) is 30.3 Å². The predicted octanol–water partition coefficient (Wildman–Crippen LogP) is 7.57. The smallest absolute Gasteiger partial charge is 0.257 e. The molecule has 0 saturated heterocycles. The highest BCUT2D eigenvalue weighted by Gasteiger charge is 2.41. The van der Waals surface area contributed by atoms with Crippen molar-refractivity contribution in [3.63, 3.8) is 0 Å². The van der Waals surface area contributed by atoms with Crippen molar-refractivity contribution in [2.75, 3.05) is 10.6 Å². The molecule has 2 N–H and O–H groups in total. The number of anilines is 2. The second kappa shape index (κ2) is 8.38. The van der Waals surface area contributed by atoms with Crippen LogP contribution in [-0.2, 0) is 0 Å². The summed E-state index contributed by atoms with van der Waals surface area (Å²) < 4.78 is 27.1. The SMILES string of the molecule is O=C(Nc1cccc2c1N[C@H](c1ccc(Cl)cc1)[C@H]1CCC[C@@H]21)c1cc(F)c(F)cc1Cl. The number of benzene rings is 3. The molecule has 0 unspecified atom stereocenters. The fourth-order valence-electron chi connectivity index (χ4n) is 5.07. The molecule has 1 fully saturated rings. The van der Waals surface area contributed by atoms with Crippen molar-refractivity contribution >= 4 is 40.5 Å².